The Bertz CT molecular complexity index is 654. The van der Waals surface area contributed by atoms with Gasteiger partial charge in [-0.3, -0.25) is 4.79 Å². The van der Waals surface area contributed by atoms with Crippen LogP contribution in [0.25, 0.3) is 0 Å². The summed E-state index contributed by atoms with van der Waals surface area (Å²) in [6.45, 7) is 3.27. The molecule has 0 atom stereocenters. The third kappa shape index (κ3) is 5.27. The topological polar surface area (TPSA) is 49.8 Å². The molecule has 4 nitrogen and oxygen atoms in total. The lowest BCUT2D eigenvalue weighted by Gasteiger charge is -2.12. The van der Waals surface area contributed by atoms with E-state index in [1.165, 1.54) is 6.07 Å². The Morgan fingerprint density at radius 3 is 2.35 bits per heavy atom. The van der Waals surface area contributed by atoms with Crippen LogP contribution < -0.4 is 4.74 Å². The van der Waals surface area contributed by atoms with Gasteiger partial charge in [-0.05, 0) is 33.2 Å². The summed E-state index contributed by atoms with van der Waals surface area (Å²) in [6.07, 6.45) is 0. The van der Waals surface area contributed by atoms with Gasteiger partial charge in [0.2, 0.25) is 0 Å². The lowest BCUT2D eigenvalue weighted by Crippen LogP contribution is -2.19. The highest BCUT2D eigenvalue weighted by Gasteiger charge is 2.14. The summed E-state index contributed by atoms with van der Waals surface area (Å²) < 4.78 is 5.54. The Hall–Kier alpha value is -2.04. The number of aryl methyl sites for hydroxylation is 1. The fraction of sp³-hybridized carbons (Fsp3) is 0.278. The van der Waals surface area contributed by atoms with Crippen molar-refractivity contribution < 1.29 is 14.6 Å². The van der Waals surface area contributed by atoms with Crippen LogP contribution in [0, 0.1) is 6.92 Å². The van der Waals surface area contributed by atoms with E-state index >= 15 is 0 Å². The molecule has 0 saturated carbocycles. The van der Waals surface area contributed by atoms with Crippen molar-refractivity contribution in [2.75, 3.05) is 27.2 Å². The standard InChI is InChI=1S/C18H21NO3.ClH/c1-13-4-6-14(7-5-13)18(21)16-9-8-15(12-17(16)20)22-11-10-19(2)3;/h4-9,12,20H,10-11H2,1-3H3;1H. The van der Waals surface area contributed by atoms with E-state index in [2.05, 4.69) is 0 Å². The van der Waals surface area contributed by atoms with Gasteiger partial charge >= 0.3 is 0 Å². The number of rotatable bonds is 6. The molecule has 5 heteroatoms. The zero-order chi connectivity index (χ0) is 16.1. The second-order valence-corrected chi connectivity index (χ2v) is 5.53. The number of carbonyl (C=O) groups is 1. The summed E-state index contributed by atoms with van der Waals surface area (Å²) in [5.41, 5.74) is 1.93. The largest absolute Gasteiger partial charge is 0.507 e. The van der Waals surface area contributed by atoms with E-state index in [0.717, 1.165) is 12.1 Å². The van der Waals surface area contributed by atoms with Crippen molar-refractivity contribution in [3.8, 4) is 11.5 Å². The molecule has 23 heavy (non-hydrogen) atoms. The lowest BCUT2D eigenvalue weighted by molar-refractivity contribution is 0.103. The summed E-state index contributed by atoms with van der Waals surface area (Å²) in [4.78, 5) is 14.4. The van der Waals surface area contributed by atoms with Gasteiger partial charge in [0.25, 0.3) is 0 Å². The predicted molar refractivity (Wildman–Crippen MR) is 94.0 cm³/mol. The highest BCUT2D eigenvalue weighted by atomic mass is 35.5. The molecule has 2 aromatic rings. The van der Waals surface area contributed by atoms with E-state index < -0.39 is 0 Å². The maximum Gasteiger partial charge on any atom is 0.196 e. The molecule has 2 aromatic carbocycles. The van der Waals surface area contributed by atoms with Crippen molar-refractivity contribution >= 4 is 18.2 Å². The number of nitrogens with zero attached hydrogens (tertiary/aromatic N) is 1. The summed E-state index contributed by atoms with van der Waals surface area (Å²) in [6, 6.07) is 12.1. The van der Waals surface area contributed by atoms with E-state index in [-0.39, 0.29) is 29.5 Å². The number of benzene rings is 2. The first-order valence-corrected chi connectivity index (χ1v) is 7.19. The van der Waals surface area contributed by atoms with Gasteiger partial charge in [0.15, 0.2) is 5.78 Å². The highest BCUT2D eigenvalue weighted by Crippen LogP contribution is 2.26. The van der Waals surface area contributed by atoms with E-state index in [9.17, 15) is 9.90 Å². The number of phenolic OH excluding ortho intramolecular Hbond substituents is 1. The van der Waals surface area contributed by atoms with Crippen LogP contribution in [0.2, 0.25) is 0 Å². The molecular formula is C18H22ClNO3. The quantitative estimate of drug-likeness (QED) is 0.823. The van der Waals surface area contributed by atoms with E-state index in [0.29, 0.717) is 17.9 Å². The fourth-order valence-corrected chi connectivity index (χ4v) is 2.00. The molecule has 0 amide bonds. The molecular weight excluding hydrogens is 314 g/mol. The molecule has 0 spiro atoms. The number of halogens is 1. The van der Waals surface area contributed by atoms with Crippen LogP contribution in [-0.4, -0.2) is 43.0 Å². The molecule has 2 rings (SSSR count). The summed E-state index contributed by atoms with van der Waals surface area (Å²) >= 11 is 0. The molecule has 0 bridgehead atoms. The molecule has 1 N–H and O–H groups in total. The van der Waals surface area contributed by atoms with Gasteiger partial charge in [-0.25, -0.2) is 0 Å². The number of aromatic hydroxyl groups is 1. The minimum absolute atomic E-state index is 0. The number of likely N-dealkylation sites (N-methyl/N-ethyl adjacent to an activating group) is 1. The Morgan fingerprint density at radius 1 is 1.13 bits per heavy atom. The van der Waals surface area contributed by atoms with Crippen LogP contribution in [0.3, 0.4) is 0 Å². The van der Waals surface area contributed by atoms with Gasteiger partial charge in [0.05, 0.1) is 5.56 Å². The van der Waals surface area contributed by atoms with Crippen molar-refractivity contribution in [3.05, 3.63) is 59.2 Å². The Balaban J connectivity index is 0.00000264. The molecule has 0 radical (unpaired) electrons. The second kappa shape index (κ2) is 8.56. The van der Waals surface area contributed by atoms with Crippen molar-refractivity contribution in [1.29, 1.82) is 0 Å². The van der Waals surface area contributed by atoms with Crippen LogP contribution in [0.5, 0.6) is 11.5 Å². The van der Waals surface area contributed by atoms with Gasteiger partial charge in [-0.1, -0.05) is 29.8 Å². The van der Waals surface area contributed by atoms with Gasteiger partial charge in [-0.2, -0.15) is 0 Å². The number of carbonyl (C=O) groups excluding carboxylic acids is 1. The van der Waals surface area contributed by atoms with Crippen LogP contribution >= 0.6 is 12.4 Å². The first-order chi connectivity index (χ1) is 10.5. The van der Waals surface area contributed by atoms with Gasteiger partial charge < -0.3 is 14.7 Å². The zero-order valence-electron chi connectivity index (χ0n) is 13.6. The molecule has 0 fully saturated rings. The molecule has 0 heterocycles. The van der Waals surface area contributed by atoms with Crippen LogP contribution in [0.15, 0.2) is 42.5 Å². The van der Waals surface area contributed by atoms with Gasteiger partial charge in [0.1, 0.15) is 18.1 Å². The zero-order valence-corrected chi connectivity index (χ0v) is 14.4. The smallest absolute Gasteiger partial charge is 0.196 e. The lowest BCUT2D eigenvalue weighted by atomic mass is 10.0. The maximum atomic E-state index is 12.4. The van der Waals surface area contributed by atoms with Crippen molar-refractivity contribution in [1.82, 2.24) is 4.90 Å². The second-order valence-electron chi connectivity index (χ2n) is 5.53. The molecule has 124 valence electrons. The normalized spacial score (nSPS) is 10.3. The Morgan fingerprint density at radius 2 is 1.78 bits per heavy atom. The Kier molecular flexibility index (Phi) is 7.07. The van der Waals surface area contributed by atoms with E-state index in [1.807, 2.05) is 38.1 Å². The highest BCUT2D eigenvalue weighted by molar-refractivity contribution is 6.10. The summed E-state index contributed by atoms with van der Waals surface area (Å²) in [5, 5.41) is 10.1. The number of phenols is 1. The number of ketones is 1. The summed E-state index contributed by atoms with van der Waals surface area (Å²) in [7, 11) is 3.92. The van der Waals surface area contributed by atoms with Crippen molar-refractivity contribution in [3.63, 3.8) is 0 Å². The first kappa shape index (κ1) is 19.0. The molecule has 0 aliphatic heterocycles. The first-order valence-electron chi connectivity index (χ1n) is 7.19. The number of hydrogen-bond acceptors (Lipinski definition) is 4. The summed E-state index contributed by atoms with van der Waals surface area (Å²) in [5.74, 6) is 0.296. The van der Waals surface area contributed by atoms with Gasteiger partial charge in [-0.15, -0.1) is 12.4 Å². The monoisotopic (exact) mass is 335 g/mol. The molecule has 0 unspecified atom stereocenters. The van der Waals surface area contributed by atoms with Crippen LogP contribution in [0.1, 0.15) is 21.5 Å². The molecule has 0 saturated heterocycles. The number of ether oxygens (including phenoxy) is 1. The Labute approximate surface area is 143 Å². The number of hydrogen-bond donors (Lipinski definition) is 1. The van der Waals surface area contributed by atoms with Crippen molar-refractivity contribution in [2.24, 2.45) is 0 Å². The average molecular weight is 336 g/mol. The molecule has 0 aliphatic carbocycles. The fourth-order valence-electron chi connectivity index (χ4n) is 2.00. The predicted octanol–water partition coefficient (Wildman–Crippen LogP) is 3.29. The maximum absolute atomic E-state index is 12.4. The van der Waals surface area contributed by atoms with Gasteiger partial charge in [0, 0.05) is 18.2 Å². The third-order valence-electron chi connectivity index (χ3n) is 3.33. The van der Waals surface area contributed by atoms with E-state index in [1.54, 1.807) is 24.3 Å². The minimum atomic E-state index is -0.197. The molecule has 0 aliphatic rings. The van der Waals surface area contributed by atoms with E-state index in [4.69, 9.17) is 4.74 Å². The minimum Gasteiger partial charge on any atom is -0.507 e. The van der Waals surface area contributed by atoms with Crippen molar-refractivity contribution in [2.45, 2.75) is 6.92 Å². The molecule has 0 aromatic heterocycles. The van der Waals surface area contributed by atoms with Crippen LogP contribution in [0.4, 0.5) is 0 Å². The SMILES string of the molecule is Cc1ccc(C(=O)c2ccc(OCCN(C)C)cc2O)cc1.Cl. The average Bonchev–Trinajstić information content (AvgIpc) is 2.47. The van der Waals surface area contributed by atoms with Crippen LogP contribution in [-0.2, 0) is 0 Å². The third-order valence-corrected chi connectivity index (χ3v) is 3.33.